The van der Waals surface area contributed by atoms with Crippen molar-refractivity contribution in [3.63, 3.8) is 0 Å². The molecule has 6 heteroatoms. The summed E-state index contributed by atoms with van der Waals surface area (Å²) in [7, 11) is 0.311. The van der Waals surface area contributed by atoms with Crippen LogP contribution in [0.3, 0.4) is 0 Å². The number of nitrogens with zero attached hydrogens (tertiary/aromatic N) is 1. The summed E-state index contributed by atoms with van der Waals surface area (Å²) in [6.45, 7) is 6.31. The third-order valence-corrected chi connectivity index (χ3v) is 7.01. The fourth-order valence-corrected chi connectivity index (χ4v) is 4.27. The summed E-state index contributed by atoms with van der Waals surface area (Å²) in [6, 6.07) is 25.3. The lowest BCUT2D eigenvalue weighted by Crippen LogP contribution is -2.38. The largest absolute Gasteiger partial charge is 0.744 e. The number of thioether (sulfide) groups is 1. The minimum absolute atomic E-state index is 0.178. The van der Waals surface area contributed by atoms with E-state index in [0.717, 1.165) is 28.9 Å². The van der Waals surface area contributed by atoms with Crippen molar-refractivity contribution in [2.75, 3.05) is 20.6 Å². The van der Waals surface area contributed by atoms with Crippen LogP contribution in [0.5, 0.6) is 0 Å². The highest BCUT2D eigenvalue weighted by atomic mass is 32.2. The molecule has 3 aromatic rings. The Morgan fingerprint density at radius 3 is 2.03 bits per heavy atom. The first-order chi connectivity index (χ1) is 14.6. The highest BCUT2D eigenvalue weighted by molar-refractivity contribution is 7.98. The predicted molar refractivity (Wildman–Crippen MR) is 128 cm³/mol. The Morgan fingerprint density at radius 1 is 0.871 bits per heavy atom. The van der Waals surface area contributed by atoms with E-state index in [1.807, 2.05) is 18.7 Å². The minimum Gasteiger partial charge on any atom is -0.744 e. The van der Waals surface area contributed by atoms with E-state index in [9.17, 15) is 13.0 Å². The third kappa shape index (κ3) is 8.87. The van der Waals surface area contributed by atoms with Crippen molar-refractivity contribution in [1.29, 1.82) is 0 Å². The van der Waals surface area contributed by atoms with Gasteiger partial charge in [0, 0.05) is 16.2 Å². The number of hydrogen-bond acceptors (Lipinski definition) is 4. The number of rotatable bonds is 7. The Labute approximate surface area is 191 Å². The molecule has 0 aromatic heterocycles. The molecule has 0 heterocycles. The normalized spacial score (nSPS) is 11.5. The van der Waals surface area contributed by atoms with Crippen molar-refractivity contribution < 1.29 is 17.5 Å². The molecule has 0 aliphatic carbocycles. The van der Waals surface area contributed by atoms with E-state index in [-0.39, 0.29) is 4.90 Å². The zero-order chi connectivity index (χ0) is 22.9. The fraction of sp³-hybridized carbons (Fsp3) is 0.280. The summed E-state index contributed by atoms with van der Waals surface area (Å²) in [6.07, 6.45) is 0. The Morgan fingerprint density at radius 2 is 1.45 bits per heavy atom. The standard InChI is InChI=1S/C18H24NS.C7H8O3S/c1-4-19(2,3)14-17-12-8-9-13-18(17)20-15-16-10-6-5-7-11-16;1-6-2-4-7(5-3-6)11(8,9)10/h5-13H,4,14-15H2,1-3H3;2-5H,1H3,(H,8,9,10)/q+1;/p-1. The highest BCUT2D eigenvalue weighted by Gasteiger charge is 2.15. The van der Waals surface area contributed by atoms with Crippen molar-refractivity contribution in [2.24, 2.45) is 0 Å². The molecule has 166 valence electrons. The molecule has 0 spiro atoms. The average Bonchev–Trinajstić information content (AvgIpc) is 2.74. The topological polar surface area (TPSA) is 57.2 Å². The summed E-state index contributed by atoms with van der Waals surface area (Å²) < 4.78 is 32.2. The van der Waals surface area contributed by atoms with Crippen LogP contribution in [0.25, 0.3) is 0 Å². The molecule has 0 aliphatic heterocycles. The first kappa shape index (κ1) is 25.1. The molecule has 0 fully saturated rings. The Hall–Kier alpha value is -2.12. The molecule has 0 saturated heterocycles. The average molecular weight is 458 g/mol. The van der Waals surface area contributed by atoms with Crippen LogP contribution in [0.15, 0.2) is 88.7 Å². The molecule has 0 atom stereocenters. The van der Waals surface area contributed by atoms with Gasteiger partial charge in [-0.05, 0) is 37.6 Å². The van der Waals surface area contributed by atoms with Gasteiger partial charge in [0.2, 0.25) is 0 Å². The van der Waals surface area contributed by atoms with Crippen molar-refractivity contribution >= 4 is 21.9 Å². The maximum atomic E-state index is 10.4. The van der Waals surface area contributed by atoms with Crippen LogP contribution in [-0.2, 0) is 22.4 Å². The molecular weight excluding hydrogens is 426 g/mol. The second-order valence-corrected chi connectivity index (χ2v) is 10.5. The molecular formula is C25H31NO3S2. The molecule has 0 N–H and O–H groups in total. The van der Waals surface area contributed by atoms with E-state index in [4.69, 9.17) is 0 Å². The van der Waals surface area contributed by atoms with Crippen molar-refractivity contribution in [3.8, 4) is 0 Å². The van der Waals surface area contributed by atoms with Gasteiger partial charge in [-0.2, -0.15) is 0 Å². The van der Waals surface area contributed by atoms with Gasteiger partial charge in [0.05, 0.1) is 25.5 Å². The highest BCUT2D eigenvalue weighted by Crippen LogP contribution is 2.27. The molecule has 3 aromatic carbocycles. The predicted octanol–water partition coefficient (Wildman–Crippen LogP) is 5.47. The van der Waals surface area contributed by atoms with Gasteiger partial charge in [0.25, 0.3) is 0 Å². The lowest BCUT2D eigenvalue weighted by molar-refractivity contribution is -0.902. The van der Waals surface area contributed by atoms with Crippen molar-refractivity contribution in [3.05, 3.63) is 95.6 Å². The van der Waals surface area contributed by atoms with E-state index in [1.165, 1.54) is 28.2 Å². The molecule has 4 nitrogen and oxygen atoms in total. The zero-order valence-electron chi connectivity index (χ0n) is 18.6. The maximum Gasteiger partial charge on any atom is 0.124 e. The summed E-state index contributed by atoms with van der Waals surface area (Å²) >= 11 is 1.94. The minimum atomic E-state index is -4.27. The van der Waals surface area contributed by atoms with Gasteiger partial charge in [0.1, 0.15) is 16.7 Å². The van der Waals surface area contributed by atoms with E-state index in [2.05, 4.69) is 75.6 Å². The molecule has 31 heavy (non-hydrogen) atoms. The van der Waals surface area contributed by atoms with Crippen LogP contribution in [0.2, 0.25) is 0 Å². The first-order valence-corrected chi connectivity index (χ1v) is 12.6. The van der Waals surface area contributed by atoms with Gasteiger partial charge in [0.15, 0.2) is 0 Å². The van der Waals surface area contributed by atoms with E-state index in [1.54, 1.807) is 12.1 Å². The Bertz CT molecular complexity index is 1050. The van der Waals surface area contributed by atoms with Gasteiger partial charge < -0.3 is 9.04 Å². The van der Waals surface area contributed by atoms with Crippen LogP contribution in [0, 0.1) is 6.92 Å². The number of aryl methyl sites for hydroxylation is 1. The molecule has 3 rings (SSSR count). The SMILES string of the molecule is CC[N+](C)(C)Cc1ccccc1SCc1ccccc1.Cc1ccc(S(=O)(=O)[O-])cc1. The van der Waals surface area contributed by atoms with Gasteiger partial charge in [-0.3, -0.25) is 0 Å². The second kappa shape index (κ2) is 11.5. The van der Waals surface area contributed by atoms with E-state index >= 15 is 0 Å². The molecule has 0 amide bonds. The lowest BCUT2D eigenvalue weighted by Gasteiger charge is -2.29. The van der Waals surface area contributed by atoms with Crippen LogP contribution >= 0.6 is 11.8 Å². The molecule has 0 bridgehead atoms. The molecule has 0 saturated carbocycles. The smallest absolute Gasteiger partial charge is 0.124 e. The Kier molecular flexibility index (Phi) is 9.32. The van der Waals surface area contributed by atoms with Crippen LogP contribution in [0.1, 0.15) is 23.6 Å². The zero-order valence-corrected chi connectivity index (χ0v) is 20.2. The number of hydrogen-bond donors (Lipinski definition) is 0. The molecule has 0 unspecified atom stereocenters. The van der Waals surface area contributed by atoms with E-state index < -0.39 is 10.1 Å². The van der Waals surface area contributed by atoms with Gasteiger partial charge >= 0.3 is 0 Å². The summed E-state index contributed by atoms with van der Waals surface area (Å²) in [4.78, 5) is 1.24. The van der Waals surface area contributed by atoms with Crippen molar-refractivity contribution in [1.82, 2.24) is 0 Å². The van der Waals surface area contributed by atoms with Crippen LogP contribution < -0.4 is 0 Å². The van der Waals surface area contributed by atoms with E-state index in [0.29, 0.717) is 0 Å². The summed E-state index contributed by atoms with van der Waals surface area (Å²) in [5.41, 5.74) is 3.77. The maximum absolute atomic E-state index is 10.4. The Balaban J connectivity index is 0.000000262. The van der Waals surface area contributed by atoms with Gasteiger partial charge in [-0.15, -0.1) is 11.8 Å². The number of quaternary nitrogens is 1. The fourth-order valence-electron chi connectivity index (χ4n) is 2.79. The monoisotopic (exact) mass is 457 g/mol. The van der Waals surface area contributed by atoms with Gasteiger partial charge in [-0.1, -0.05) is 66.2 Å². The molecule has 0 aliphatic rings. The van der Waals surface area contributed by atoms with Crippen LogP contribution in [0.4, 0.5) is 0 Å². The van der Waals surface area contributed by atoms with Crippen LogP contribution in [-0.4, -0.2) is 38.1 Å². The quantitative estimate of drug-likeness (QED) is 0.268. The summed E-state index contributed by atoms with van der Waals surface area (Å²) in [5, 5.41) is 0. The third-order valence-electron chi connectivity index (χ3n) is 4.97. The lowest BCUT2D eigenvalue weighted by atomic mass is 10.2. The first-order valence-electron chi connectivity index (χ1n) is 10.2. The number of benzene rings is 3. The second-order valence-electron chi connectivity index (χ2n) is 8.06. The summed E-state index contributed by atoms with van der Waals surface area (Å²) in [5.74, 6) is 1.04. The molecule has 0 radical (unpaired) electrons. The van der Waals surface area contributed by atoms with Gasteiger partial charge in [-0.25, -0.2) is 8.42 Å². The van der Waals surface area contributed by atoms with Crippen molar-refractivity contribution in [2.45, 2.75) is 35.9 Å².